The lowest BCUT2D eigenvalue weighted by Gasteiger charge is -2.08. The number of halogens is 1. The number of thiazole rings is 1. The number of aromatic nitrogens is 3. The zero-order valence-corrected chi connectivity index (χ0v) is 19.2. The first-order valence-electron chi connectivity index (χ1n) is 9.09. The van der Waals surface area contributed by atoms with Crippen molar-refractivity contribution >= 4 is 49.3 Å². The first-order valence-corrected chi connectivity index (χ1v) is 12.4. The monoisotopic (exact) mass is 499 g/mol. The van der Waals surface area contributed by atoms with Gasteiger partial charge in [0, 0.05) is 19.3 Å². The van der Waals surface area contributed by atoms with Crippen molar-refractivity contribution in [1.82, 2.24) is 15.2 Å². The highest BCUT2D eigenvalue weighted by molar-refractivity contribution is 7.91. The summed E-state index contributed by atoms with van der Waals surface area (Å²) in [7, 11) is -2.00. The van der Waals surface area contributed by atoms with Crippen molar-refractivity contribution in [2.75, 3.05) is 24.8 Å². The minimum Gasteiger partial charge on any atom is -0.388 e. The lowest BCUT2D eigenvalue weighted by atomic mass is 10.1. The van der Waals surface area contributed by atoms with Crippen molar-refractivity contribution in [1.29, 1.82) is 0 Å². The summed E-state index contributed by atoms with van der Waals surface area (Å²) >= 11 is 1.91. The fourth-order valence-corrected chi connectivity index (χ4v) is 4.69. The van der Waals surface area contributed by atoms with Gasteiger partial charge in [-0.15, -0.1) is 21.5 Å². The number of carbonyl (C=O) groups is 1. The molecule has 3 rings (SSSR count). The molecular formula is C18H18FN5O5S3. The van der Waals surface area contributed by atoms with Crippen molar-refractivity contribution in [3.8, 4) is 0 Å². The molecule has 3 aromatic rings. The molecule has 1 N–H and O–H groups in total. The molecule has 0 spiro atoms. The third-order valence-electron chi connectivity index (χ3n) is 3.91. The van der Waals surface area contributed by atoms with E-state index < -0.39 is 20.9 Å². The Morgan fingerprint density at radius 1 is 1.28 bits per heavy atom. The van der Waals surface area contributed by atoms with Crippen LogP contribution < -0.4 is 5.32 Å². The van der Waals surface area contributed by atoms with Crippen LogP contribution in [0.15, 0.2) is 46.0 Å². The van der Waals surface area contributed by atoms with Crippen LogP contribution in [0.2, 0.25) is 0 Å². The van der Waals surface area contributed by atoms with Crippen molar-refractivity contribution < 1.29 is 27.2 Å². The third kappa shape index (κ3) is 6.59. The predicted octanol–water partition coefficient (Wildman–Crippen LogP) is 2.50. The molecule has 0 bridgehead atoms. The van der Waals surface area contributed by atoms with Crippen LogP contribution in [-0.4, -0.2) is 54.7 Å². The van der Waals surface area contributed by atoms with Gasteiger partial charge in [0.15, 0.2) is 37.4 Å². The molecule has 32 heavy (non-hydrogen) atoms. The van der Waals surface area contributed by atoms with E-state index in [1.807, 2.05) is 0 Å². The number of benzene rings is 1. The van der Waals surface area contributed by atoms with Gasteiger partial charge in [0.25, 0.3) is 5.91 Å². The van der Waals surface area contributed by atoms with Crippen LogP contribution in [0.25, 0.3) is 0 Å². The van der Waals surface area contributed by atoms with Gasteiger partial charge in [-0.25, -0.2) is 13.4 Å². The summed E-state index contributed by atoms with van der Waals surface area (Å²) < 4.78 is 42.9. The molecule has 1 amide bonds. The number of anilines is 1. The number of hydrogen-bond acceptors (Lipinski definition) is 11. The molecular weight excluding hydrogens is 481 g/mol. The normalized spacial score (nSPS) is 12.0. The topological polar surface area (TPSA) is 133 Å². The minimum atomic E-state index is -3.50. The smallest absolute Gasteiger partial charge is 0.280 e. The fourth-order valence-electron chi connectivity index (χ4n) is 2.44. The Balaban J connectivity index is 1.80. The van der Waals surface area contributed by atoms with Crippen LogP contribution in [-0.2, 0) is 30.8 Å². The molecule has 0 aliphatic rings. The Morgan fingerprint density at radius 3 is 2.69 bits per heavy atom. The maximum atomic E-state index is 13.2. The number of sulfone groups is 1. The van der Waals surface area contributed by atoms with E-state index in [0.29, 0.717) is 34.9 Å². The molecule has 170 valence electrons. The van der Waals surface area contributed by atoms with Crippen molar-refractivity contribution in [2.24, 2.45) is 5.16 Å². The fraction of sp³-hybridized carbons (Fsp3) is 0.278. The predicted molar refractivity (Wildman–Crippen MR) is 117 cm³/mol. The number of rotatable bonds is 11. The number of carbonyl (C=O) groups excluding carboxylic acids is 1. The van der Waals surface area contributed by atoms with Gasteiger partial charge in [-0.05, 0) is 18.6 Å². The van der Waals surface area contributed by atoms with Crippen molar-refractivity contribution in [3.05, 3.63) is 51.7 Å². The van der Waals surface area contributed by atoms with E-state index in [1.165, 1.54) is 48.2 Å². The van der Waals surface area contributed by atoms with Crippen molar-refractivity contribution in [3.63, 3.8) is 0 Å². The van der Waals surface area contributed by atoms with Gasteiger partial charge >= 0.3 is 0 Å². The zero-order chi connectivity index (χ0) is 23.0. The van der Waals surface area contributed by atoms with Crippen LogP contribution in [0.1, 0.15) is 17.0 Å². The second-order valence-electron chi connectivity index (χ2n) is 6.16. The lowest BCUT2D eigenvalue weighted by molar-refractivity contribution is -0.110. The quantitative estimate of drug-likeness (QED) is 0.242. The zero-order valence-electron chi connectivity index (χ0n) is 16.7. The molecule has 1 aromatic carbocycles. The van der Waals surface area contributed by atoms with Gasteiger partial charge in [0.1, 0.15) is 5.51 Å². The van der Waals surface area contributed by atoms with E-state index in [4.69, 9.17) is 9.57 Å². The summed E-state index contributed by atoms with van der Waals surface area (Å²) in [6.07, 6.45) is 1.34. The number of amides is 1. The van der Waals surface area contributed by atoms with Crippen LogP contribution in [0.3, 0.4) is 0 Å². The Bertz CT molecular complexity index is 1160. The van der Waals surface area contributed by atoms with Crippen LogP contribution in [0.4, 0.5) is 9.52 Å². The van der Waals surface area contributed by atoms with Crippen LogP contribution >= 0.6 is 22.7 Å². The summed E-state index contributed by atoms with van der Waals surface area (Å²) in [6.45, 7) is 0.316. The van der Waals surface area contributed by atoms with E-state index in [1.54, 1.807) is 0 Å². The number of oxime groups is 1. The first-order chi connectivity index (χ1) is 15.4. The van der Waals surface area contributed by atoms with E-state index in [9.17, 15) is 17.6 Å². The van der Waals surface area contributed by atoms with Crippen molar-refractivity contribution in [2.45, 2.75) is 17.9 Å². The van der Waals surface area contributed by atoms with Gasteiger partial charge in [0.2, 0.25) is 0 Å². The molecule has 14 heteroatoms. The summed E-state index contributed by atoms with van der Waals surface area (Å²) in [5.74, 6) is -0.769. The maximum absolute atomic E-state index is 13.2. The van der Waals surface area contributed by atoms with E-state index in [-0.39, 0.29) is 28.1 Å². The average Bonchev–Trinajstić information content (AvgIpc) is 3.43. The summed E-state index contributed by atoms with van der Waals surface area (Å²) in [5, 5.41) is 13.9. The second-order valence-corrected chi connectivity index (χ2v) is 10.2. The van der Waals surface area contributed by atoms with Gasteiger partial charge in [-0.1, -0.05) is 28.6 Å². The number of nitrogens with zero attached hydrogens (tertiary/aromatic N) is 4. The van der Waals surface area contributed by atoms with Crippen LogP contribution in [0.5, 0.6) is 0 Å². The van der Waals surface area contributed by atoms with E-state index >= 15 is 0 Å². The molecule has 2 heterocycles. The SMILES string of the molecule is COCCCS(=O)(=O)c1ccc(C(=NOCc2nncs2)C(=O)Nc2ncc(F)s2)cc1. The molecule has 0 fully saturated rings. The molecule has 0 unspecified atom stereocenters. The molecule has 0 atom stereocenters. The standard InChI is InChI=1S/C18H18FN5O5S3/c1-28-7-2-8-32(26,27)13-5-3-12(4-6-13)16(24-29-10-15-23-21-11-30-15)17(25)22-18-20-9-14(19)31-18/h3-6,9,11H,2,7-8,10H2,1H3,(H,20,22,25). The third-order valence-corrected chi connectivity index (χ3v) is 7.10. The lowest BCUT2D eigenvalue weighted by Crippen LogP contribution is -2.24. The highest BCUT2D eigenvalue weighted by Crippen LogP contribution is 2.18. The Kier molecular flexibility index (Phi) is 8.33. The average molecular weight is 500 g/mol. The van der Waals surface area contributed by atoms with E-state index in [0.717, 1.165) is 6.20 Å². The van der Waals surface area contributed by atoms with E-state index in [2.05, 4.69) is 25.7 Å². The Labute approximate surface area is 191 Å². The minimum absolute atomic E-state index is 0.0146. The molecule has 0 radical (unpaired) electrons. The molecule has 2 aromatic heterocycles. The molecule has 10 nitrogen and oxygen atoms in total. The first kappa shape index (κ1) is 23.8. The van der Waals surface area contributed by atoms with Gasteiger partial charge in [0.05, 0.1) is 16.8 Å². The van der Waals surface area contributed by atoms with Gasteiger partial charge < -0.3 is 9.57 Å². The number of methoxy groups -OCH3 is 1. The summed E-state index contributed by atoms with van der Waals surface area (Å²) in [6, 6.07) is 5.65. The van der Waals surface area contributed by atoms with Gasteiger partial charge in [-0.3, -0.25) is 10.1 Å². The maximum Gasteiger partial charge on any atom is 0.280 e. The number of ether oxygens (including phenoxy) is 1. The van der Waals surface area contributed by atoms with Gasteiger partial charge in [-0.2, -0.15) is 4.39 Å². The number of hydrogen-bond donors (Lipinski definition) is 1. The Hall–Kier alpha value is -2.81. The largest absolute Gasteiger partial charge is 0.388 e. The highest BCUT2D eigenvalue weighted by Gasteiger charge is 2.20. The molecule has 0 aliphatic carbocycles. The Morgan fingerprint density at radius 2 is 2.06 bits per heavy atom. The molecule has 0 saturated carbocycles. The summed E-state index contributed by atoms with van der Waals surface area (Å²) in [4.78, 5) is 21.8. The van der Waals surface area contributed by atoms with Crippen LogP contribution in [0, 0.1) is 5.13 Å². The molecule has 0 aliphatic heterocycles. The number of nitrogens with one attached hydrogen (secondary N) is 1. The second kappa shape index (κ2) is 11.2. The highest BCUT2D eigenvalue weighted by atomic mass is 32.2. The molecule has 0 saturated heterocycles. The summed E-state index contributed by atoms with van der Waals surface area (Å²) in [5.41, 5.74) is 1.68.